The topological polar surface area (TPSA) is 67.4 Å². The third kappa shape index (κ3) is 3.97. The van der Waals surface area contributed by atoms with Crippen molar-refractivity contribution in [2.45, 2.75) is 0 Å². The molecule has 2 N–H and O–H groups in total. The van der Waals surface area contributed by atoms with Crippen LogP contribution in [0.4, 0.5) is 10.5 Å². The summed E-state index contributed by atoms with van der Waals surface area (Å²) >= 11 is 5.93. The molecule has 6 heteroatoms. The van der Waals surface area contributed by atoms with E-state index in [1.165, 1.54) is 19.2 Å². The van der Waals surface area contributed by atoms with Crippen LogP contribution in [0, 0.1) is 0 Å². The summed E-state index contributed by atoms with van der Waals surface area (Å²) < 4.78 is 5.09. The van der Waals surface area contributed by atoms with E-state index in [0.29, 0.717) is 16.5 Å². The Morgan fingerprint density at radius 2 is 1.81 bits per heavy atom. The van der Waals surface area contributed by atoms with Crippen LogP contribution in [-0.4, -0.2) is 19.0 Å². The third-order valence-electron chi connectivity index (χ3n) is 2.64. The minimum absolute atomic E-state index is 0.275. The number of anilines is 1. The van der Waals surface area contributed by atoms with Gasteiger partial charge in [0, 0.05) is 12.7 Å². The lowest BCUT2D eigenvalue weighted by atomic mass is 10.2. The van der Waals surface area contributed by atoms with E-state index in [4.69, 9.17) is 16.3 Å². The van der Waals surface area contributed by atoms with Crippen LogP contribution in [0.5, 0.6) is 5.75 Å². The average Bonchev–Trinajstić information content (AvgIpc) is 2.49. The van der Waals surface area contributed by atoms with Crippen LogP contribution in [0.25, 0.3) is 0 Å². The quantitative estimate of drug-likeness (QED) is 0.914. The lowest BCUT2D eigenvalue weighted by Crippen LogP contribution is -2.20. The lowest BCUT2D eigenvalue weighted by molar-refractivity contribution is 0.0963. The van der Waals surface area contributed by atoms with Gasteiger partial charge in [0.15, 0.2) is 0 Å². The van der Waals surface area contributed by atoms with Gasteiger partial charge >= 0.3 is 6.09 Å². The van der Waals surface area contributed by atoms with Gasteiger partial charge in [-0.25, -0.2) is 4.79 Å². The Morgan fingerprint density at radius 1 is 1.10 bits per heavy atom. The Bertz CT molecular complexity index is 659. The first-order chi connectivity index (χ1) is 10.1. The smallest absolute Gasteiger partial charge is 0.410 e. The molecule has 0 radical (unpaired) electrons. The number of carbonyl (C=O) groups excluding carboxylic acids is 2. The van der Waals surface area contributed by atoms with Gasteiger partial charge in [0.25, 0.3) is 5.91 Å². The van der Waals surface area contributed by atoms with Crippen LogP contribution in [0.3, 0.4) is 0 Å². The van der Waals surface area contributed by atoms with E-state index in [2.05, 4.69) is 10.6 Å². The number of nitrogens with one attached hydrogen (secondary N) is 2. The number of hydrogen-bond acceptors (Lipinski definition) is 3. The maximum atomic E-state index is 11.8. The lowest BCUT2D eigenvalue weighted by Gasteiger charge is -2.09. The molecule has 108 valence electrons. The summed E-state index contributed by atoms with van der Waals surface area (Å²) in [6.07, 6.45) is -0.647. The van der Waals surface area contributed by atoms with E-state index in [9.17, 15) is 9.59 Å². The highest BCUT2D eigenvalue weighted by molar-refractivity contribution is 6.34. The average molecular weight is 305 g/mol. The van der Waals surface area contributed by atoms with Crippen LogP contribution in [-0.2, 0) is 0 Å². The monoisotopic (exact) mass is 304 g/mol. The first-order valence-electron chi connectivity index (χ1n) is 6.15. The molecule has 0 unspecified atom stereocenters. The Hall–Kier alpha value is -2.53. The van der Waals surface area contributed by atoms with Crippen molar-refractivity contribution in [3.63, 3.8) is 0 Å². The molecule has 2 aromatic rings. The maximum absolute atomic E-state index is 11.8. The van der Waals surface area contributed by atoms with Gasteiger partial charge in [0.1, 0.15) is 5.75 Å². The molecule has 0 heterocycles. The van der Waals surface area contributed by atoms with Gasteiger partial charge in [-0.3, -0.25) is 10.1 Å². The van der Waals surface area contributed by atoms with Crippen LogP contribution in [0.15, 0.2) is 48.5 Å². The SMILES string of the molecule is CNC(=O)c1cc(NC(=O)Oc2ccccc2)ccc1Cl. The zero-order chi connectivity index (χ0) is 15.2. The highest BCUT2D eigenvalue weighted by atomic mass is 35.5. The van der Waals surface area contributed by atoms with Crippen molar-refractivity contribution in [1.82, 2.24) is 5.32 Å². The zero-order valence-electron chi connectivity index (χ0n) is 11.2. The highest BCUT2D eigenvalue weighted by Crippen LogP contribution is 2.21. The molecule has 0 saturated carbocycles. The third-order valence-corrected chi connectivity index (χ3v) is 2.97. The van der Waals surface area contributed by atoms with Gasteiger partial charge in [-0.2, -0.15) is 0 Å². The van der Waals surface area contributed by atoms with E-state index >= 15 is 0 Å². The summed E-state index contributed by atoms with van der Waals surface area (Å²) in [6, 6.07) is 13.3. The van der Waals surface area contributed by atoms with E-state index in [1.807, 2.05) is 6.07 Å². The molecule has 0 aliphatic carbocycles. The fraction of sp³-hybridized carbons (Fsp3) is 0.0667. The van der Waals surface area contributed by atoms with Crippen molar-refractivity contribution in [2.75, 3.05) is 12.4 Å². The van der Waals surface area contributed by atoms with Crippen LogP contribution in [0.2, 0.25) is 5.02 Å². The van der Waals surface area contributed by atoms with Gasteiger partial charge in [-0.15, -0.1) is 0 Å². The molecule has 0 aliphatic heterocycles. The van der Waals surface area contributed by atoms with Gasteiger partial charge in [-0.1, -0.05) is 29.8 Å². The minimum Gasteiger partial charge on any atom is -0.410 e. The second-order valence-corrected chi connectivity index (χ2v) is 4.51. The Morgan fingerprint density at radius 3 is 2.48 bits per heavy atom. The molecule has 21 heavy (non-hydrogen) atoms. The second-order valence-electron chi connectivity index (χ2n) is 4.10. The molecular formula is C15H13ClN2O3. The largest absolute Gasteiger partial charge is 0.417 e. The van der Waals surface area contributed by atoms with Crippen molar-refractivity contribution in [3.05, 3.63) is 59.1 Å². The summed E-state index contributed by atoms with van der Waals surface area (Å²) in [5.41, 5.74) is 0.690. The second kappa shape index (κ2) is 6.76. The summed E-state index contributed by atoms with van der Waals surface area (Å²) in [4.78, 5) is 23.4. The summed E-state index contributed by atoms with van der Waals surface area (Å²) in [5.74, 6) is 0.0931. The molecule has 0 fully saturated rings. The number of amides is 2. The fourth-order valence-corrected chi connectivity index (χ4v) is 1.85. The fourth-order valence-electron chi connectivity index (χ4n) is 1.65. The number of halogens is 1. The molecular weight excluding hydrogens is 292 g/mol. The first-order valence-corrected chi connectivity index (χ1v) is 6.53. The van der Waals surface area contributed by atoms with Crippen molar-refractivity contribution in [3.8, 4) is 5.75 Å². The van der Waals surface area contributed by atoms with E-state index in [1.54, 1.807) is 30.3 Å². The summed E-state index contributed by atoms with van der Waals surface area (Å²) in [5, 5.41) is 5.31. The molecule has 2 rings (SSSR count). The van der Waals surface area contributed by atoms with Crippen LogP contribution in [0.1, 0.15) is 10.4 Å². The molecule has 0 atom stereocenters. The molecule has 2 aromatic carbocycles. The van der Waals surface area contributed by atoms with Crippen molar-refractivity contribution in [2.24, 2.45) is 0 Å². The number of hydrogen-bond donors (Lipinski definition) is 2. The standard InChI is InChI=1S/C15H13ClN2O3/c1-17-14(19)12-9-10(7-8-13(12)16)18-15(20)21-11-5-3-2-4-6-11/h2-9H,1H3,(H,17,19)(H,18,20). The predicted molar refractivity (Wildman–Crippen MR) is 80.9 cm³/mol. The van der Waals surface area contributed by atoms with E-state index in [-0.39, 0.29) is 11.5 Å². The molecule has 0 bridgehead atoms. The molecule has 0 aliphatic rings. The molecule has 0 aromatic heterocycles. The predicted octanol–water partition coefficient (Wildman–Crippen LogP) is 3.31. The molecule has 2 amide bonds. The Kier molecular flexibility index (Phi) is 4.79. The van der Waals surface area contributed by atoms with E-state index < -0.39 is 6.09 Å². The van der Waals surface area contributed by atoms with Crippen molar-refractivity contribution in [1.29, 1.82) is 0 Å². The minimum atomic E-state index is -0.647. The van der Waals surface area contributed by atoms with Gasteiger partial charge in [0.2, 0.25) is 0 Å². The van der Waals surface area contributed by atoms with E-state index in [0.717, 1.165) is 0 Å². The molecule has 0 spiro atoms. The first kappa shape index (κ1) is 14.9. The number of para-hydroxylation sites is 1. The van der Waals surface area contributed by atoms with Crippen LogP contribution < -0.4 is 15.4 Å². The van der Waals surface area contributed by atoms with Crippen LogP contribution >= 0.6 is 11.6 Å². The van der Waals surface area contributed by atoms with Gasteiger partial charge in [-0.05, 0) is 30.3 Å². The maximum Gasteiger partial charge on any atom is 0.417 e. The normalized spacial score (nSPS) is 9.81. The number of ether oxygens (including phenoxy) is 1. The zero-order valence-corrected chi connectivity index (χ0v) is 12.0. The number of rotatable bonds is 3. The Labute approximate surface area is 126 Å². The van der Waals surface area contributed by atoms with Crippen molar-refractivity contribution >= 4 is 29.3 Å². The molecule has 0 saturated heterocycles. The Balaban J connectivity index is 2.09. The highest BCUT2D eigenvalue weighted by Gasteiger charge is 2.11. The molecule has 5 nitrogen and oxygen atoms in total. The van der Waals surface area contributed by atoms with Crippen molar-refractivity contribution < 1.29 is 14.3 Å². The van der Waals surface area contributed by atoms with Gasteiger partial charge in [0.05, 0.1) is 10.6 Å². The van der Waals surface area contributed by atoms with Gasteiger partial charge < -0.3 is 10.1 Å². The number of carbonyl (C=O) groups is 2. The number of benzene rings is 2. The summed E-state index contributed by atoms with van der Waals surface area (Å²) in [7, 11) is 1.50. The summed E-state index contributed by atoms with van der Waals surface area (Å²) in [6.45, 7) is 0.